The summed E-state index contributed by atoms with van der Waals surface area (Å²) in [7, 11) is -3.19. The molecule has 0 bridgehead atoms. The maximum atomic E-state index is 12.8. The van der Waals surface area contributed by atoms with Crippen LogP contribution in [0.2, 0.25) is 0 Å². The number of hydrogen-bond donors (Lipinski definition) is 1. The van der Waals surface area contributed by atoms with E-state index >= 15 is 0 Å². The minimum Gasteiger partial charge on any atom is -0.327 e. The Hall–Kier alpha value is -0.870. The first-order valence-corrected chi connectivity index (χ1v) is 9.57. The Bertz CT molecular complexity index is 575. The van der Waals surface area contributed by atoms with Crippen molar-refractivity contribution < 1.29 is 8.42 Å². The molecule has 0 aliphatic heterocycles. The van der Waals surface area contributed by atoms with Crippen LogP contribution in [0, 0.1) is 19.8 Å². The predicted octanol–water partition coefficient (Wildman–Crippen LogP) is 3.12. The molecule has 3 unspecified atom stereocenters. The summed E-state index contributed by atoms with van der Waals surface area (Å²) in [4.78, 5) is 0. The third-order valence-electron chi connectivity index (χ3n) is 4.64. The van der Waals surface area contributed by atoms with Gasteiger partial charge in [-0.15, -0.1) is 0 Å². The zero-order chi connectivity index (χ0) is 15.6. The smallest absolute Gasteiger partial charge is 0.158 e. The third kappa shape index (κ3) is 4.07. The molecule has 1 aliphatic carbocycles. The molecule has 0 aromatic heterocycles. The van der Waals surface area contributed by atoms with Gasteiger partial charge in [0.25, 0.3) is 0 Å². The van der Waals surface area contributed by atoms with Crippen LogP contribution in [0.1, 0.15) is 49.3 Å². The highest BCUT2D eigenvalue weighted by atomic mass is 32.2. The van der Waals surface area contributed by atoms with Crippen LogP contribution < -0.4 is 5.73 Å². The molecule has 3 atom stereocenters. The zero-order valence-electron chi connectivity index (χ0n) is 13.3. The van der Waals surface area contributed by atoms with Gasteiger partial charge in [0.2, 0.25) is 0 Å². The molecule has 118 valence electrons. The average molecular weight is 309 g/mol. The van der Waals surface area contributed by atoms with Crippen molar-refractivity contribution in [3.8, 4) is 0 Å². The molecule has 1 aliphatic rings. The van der Waals surface area contributed by atoms with Crippen molar-refractivity contribution in [2.75, 3.05) is 0 Å². The molecule has 4 heteroatoms. The molecular formula is C17H27NO2S. The summed E-state index contributed by atoms with van der Waals surface area (Å²) in [6, 6.07) is 5.80. The number of benzene rings is 1. The molecule has 3 nitrogen and oxygen atoms in total. The molecule has 21 heavy (non-hydrogen) atoms. The SMILES string of the molecule is CCC1CCC(N)C(S(=O)(=O)Cc2cc(C)cc(C)c2)C1. The van der Waals surface area contributed by atoms with Gasteiger partial charge in [-0.1, -0.05) is 42.7 Å². The van der Waals surface area contributed by atoms with Gasteiger partial charge in [-0.05, 0) is 44.6 Å². The molecule has 0 spiro atoms. The second kappa shape index (κ2) is 6.49. The maximum Gasteiger partial charge on any atom is 0.158 e. The standard InChI is InChI=1S/C17H27NO2S/c1-4-14-5-6-16(18)17(10-14)21(19,20)11-15-8-12(2)7-13(3)9-15/h7-9,14,16-17H,4-6,10-11,18H2,1-3H3. The Morgan fingerprint density at radius 2 is 1.76 bits per heavy atom. The zero-order valence-corrected chi connectivity index (χ0v) is 14.1. The van der Waals surface area contributed by atoms with Crippen LogP contribution in [0.4, 0.5) is 0 Å². The third-order valence-corrected chi connectivity index (χ3v) is 6.84. The normalized spacial score (nSPS) is 26.8. The Morgan fingerprint density at radius 1 is 1.14 bits per heavy atom. The molecule has 0 amide bonds. The molecule has 0 saturated heterocycles. The lowest BCUT2D eigenvalue weighted by molar-refractivity contribution is 0.319. The van der Waals surface area contributed by atoms with Gasteiger partial charge in [-0.2, -0.15) is 0 Å². The lowest BCUT2D eigenvalue weighted by Gasteiger charge is -2.33. The highest BCUT2D eigenvalue weighted by Gasteiger charge is 2.36. The minimum absolute atomic E-state index is 0.115. The summed E-state index contributed by atoms with van der Waals surface area (Å²) in [6.45, 7) is 6.14. The van der Waals surface area contributed by atoms with E-state index in [-0.39, 0.29) is 17.0 Å². The van der Waals surface area contributed by atoms with Crippen molar-refractivity contribution in [2.24, 2.45) is 11.7 Å². The highest BCUT2D eigenvalue weighted by molar-refractivity contribution is 7.91. The molecule has 1 fully saturated rings. The van der Waals surface area contributed by atoms with Gasteiger partial charge in [-0.25, -0.2) is 8.42 Å². The van der Waals surface area contributed by atoms with Crippen molar-refractivity contribution in [1.29, 1.82) is 0 Å². The predicted molar refractivity (Wildman–Crippen MR) is 87.9 cm³/mol. The largest absolute Gasteiger partial charge is 0.327 e. The number of hydrogen-bond acceptors (Lipinski definition) is 3. The van der Waals surface area contributed by atoms with Crippen LogP contribution in [0.15, 0.2) is 18.2 Å². The summed E-state index contributed by atoms with van der Waals surface area (Å²) in [6.07, 6.45) is 3.66. The highest BCUT2D eigenvalue weighted by Crippen LogP contribution is 2.31. The molecule has 1 aromatic rings. The lowest BCUT2D eigenvalue weighted by Crippen LogP contribution is -2.45. The molecule has 1 aromatic carbocycles. The Kier molecular flexibility index (Phi) is 5.10. The quantitative estimate of drug-likeness (QED) is 0.929. The van der Waals surface area contributed by atoms with E-state index in [1.165, 1.54) is 0 Å². The van der Waals surface area contributed by atoms with Crippen molar-refractivity contribution in [3.05, 3.63) is 34.9 Å². The fraction of sp³-hybridized carbons (Fsp3) is 0.647. The number of aryl methyl sites for hydroxylation is 2. The fourth-order valence-electron chi connectivity index (χ4n) is 3.51. The molecule has 0 radical (unpaired) electrons. The monoisotopic (exact) mass is 309 g/mol. The molecule has 2 rings (SSSR count). The van der Waals surface area contributed by atoms with Gasteiger partial charge >= 0.3 is 0 Å². The fourth-order valence-corrected chi connectivity index (χ4v) is 5.59. The topological polar surface area (TPSA) is 60.2 Å². The molecule has 2 N–H and O–H groups in total. The van der Waals surface area contributed by atoms with Crippen molar-refractivity contribution in [2.45, 2.75) is 63.5 Å². The van der Waals surface area contributed by atoms with E-state index in [2.05, 4.69) is 13.0 Å². The van der Waals surface area contributed by atoms with E-state index in [0.717, 1.165) is 42.4 Å². The van der Waals surface area contributed by atoms with Gasteiger partial charge in [0.15, 0.2) is 9.84 Å². The van der Waals surface area contributed by atoms with Crippen LogP contribution in [0.5, 0.6) is 0 Å². The number of sulfone groups is 1. The van der Waals surface area contributed by atoms with E-state index in [1.54, 1.807) is 0 Å². The van der Waals surface area contributed by atoms with Crippen LogP contribution in [0.3, 0.4) is 0 Å². The van der Waals surface area contributed by atoms with Crippen molar-refractivity contribution in [1.82, 2.24) is 0 Å². The summed E-state index contributed by atoms with van der Waals surface area (Å²) < 4.78 is 25.5. The number of nitrogens with two attached hydrogens (primary N) is 1. The molecular weight excluding hydrogens is 282 g/mol. The van der Waals surface area contributed by atoms with E-state index in [0.29, 0.717) is 5.92 Å². The second-order valence-corrected chi connectivity index (χ2v) is 8.81. The van der Waals surface area contributed by atoms with Crippen LogP contribution in [-0.2, 0) is 15.6 Å². The van der Waals surface area contributed by atoms with E-state index < -0.39 is 9.84 Å². The van der Waals surface area contributed by atoms with E-state index in [1.807, 2.05) is 26.0 Å². The number of rotatable bonds is 4. The molecule has 1 saturated carbocycles. The van der Waals surface area contributed by atoms with Gasteiger partial charge in [0.05, 0.1) is 11.0 Å². The summed E-state index contributed by atoms with van der Waals surface area (Å²) >= 11 is 0. The van der Waals surface area contributed by atoms with Crippen LogP contribution >= 0.6 is 0 Å². The summed E-state index contributed by atoms with van der Waals surface area (Å²) in [5.41, 5.74) is 9.23. The van der Waals surface area contributed by atoms with Gasteiger partial charge in [0.1, 0.15) is 0 Å². The van der Waals surface area contributed by atoms with Gasteiger partial charge in [0, 0.05) is 6.04 Å². The van der Waals surface area contributed by atoms with Gasteiger partial charge < -0.3 is 5.73 Å². The minimum atomic E-state index is -3.19. The van der Waals surface area contributed by atoms with E-state index in [9.17, 15) is 8.42 Å². The van der Waals surface area contributed by atoms with Crippen molar-refractivity contribution >= 4 is 9.84 Å². The second-order valence-electron chi connectivity index (χ2n) is 6.59. The first-order chi connectivity index (χ1) is 9.81. The van der Waals surface area contributed by atoms with Gasteiger partial charge in [-0.3, -0.25) is 0 Å². The lowest BCUT2D eigenvalue weighted by atomic mass is 9.84. The van der Waals surface area contributed by atoms with Crippen LogP contribution in [0.25, 0.3) is 0 Å². The molecule has 0 heterocycles. The first-order valence-electron chi connectivity index (χ1n) is 7.86. The summed E-state index contributed by atoms with van der Waals surface area (Å²) in [5.74, 6) is 0.619. The van der Waals surface area contributed by atoms with E-state index in [4.69, 9.17) is 5.73 Å². The summed E-state index contributed by atoms with van der Waals surface area (Å²) in [5, 5.41) is -0.378. The average Bonchev–Trinajstić information content (AvgIpc) is 2.37. The van der Waals surface area contributed by atoms with Crippen LogP contribution in [-0.4, -0.2) is 19.7 Å². The first kappa shape index (κ1) is 16.5. The Labute approximate surface area is 128 Å². The maximum absolute atomic E-state index is 12.8. The Balaban J connectivity index is 2.20. The van der Waals surface area contributed by atoms with Crippen molar-refractivity contribution in [3.63, 3.8) is 0 Å². The Morgan fingerprint density at radius 3 is 2.33 bits per heavy atom.